The molecule has 8 heteroatoms. The topological polar surface area (TPSA) is 97.2 Å². The number of aryl methyl sites for hydroxylation is 1. The van der Waals surface area contributed by atoms with Crippen LogP contribution in [0.3, 0.4) is 0 Å². The number of aliphatic carboxylic acids is 1. The van der Waals surface area contributed by atoms with Crippen molar-refractivity contribution >= 4 is 40.6 Å². The molecule has 0 spiro atoms. The van der Waals surface area contributed by atoms with E-state index in [9.17, 15) is 9.59 Å². The Hall–Kier alpha value is -3.26. The number of nitrogens with one attached hydrogen (secondary N) is 1. The van der Waals surface area contributed by atoms with Crippen LogP contribution in [-0.2, 0) is 9.59 Å². The number of benzene rings is 2. The number of carbonyl (C=O) groups is 2. The number of rotatable bonds is 8. The van der Waals surface area contributed by atoms with Crippen LogP contribution < -0.4 is 14.8 Å². The van der Waals surface area contributed by atoms with Gasteiger partial charge in [0.2, 0.25) is 0 Å². The molecule has 1 amide bonds. The first-order valence-corrected chi connectivity index (χ1v) is 10.2. The number of thioether (sulfide) groups is 1. The van der Waals surface area contributed by atoms with E-state index in [4.69, 9.17) is 14.6 Å². The normalized spacial score (nSPS) is 16.0. The van der Waals surface area contributed by atoms with Crippen LogP contribution in [0.5, 0.6) is 11.5 Å². The SMILES string of the molecule is CCOc1cc(/C=C2/SC(=Nc3ccccc3C)NC2=O)ccc1OCCC(=O)O. The first kappa shape index (κ1) is 21.4. The number of para-hydroxylation sites is 1. The van der Waals surface area contributed by atoms with Crippen molar-refractivity contribution in [3.63, 3.8) is 0 Å². The summed E-state index contributed by atoms with van der Waals surface area (Å²) in [7, 11) is 0. The van der Waals surface area contributed by atoms with E-state index in [0.29, 0.717) is 28.2 Å². The number of carbonyl (C=O) groups excluding carboxylic acids is 1. The molecule has 0 bridgehead atoms. The number of ether oxygens (including phenoxy) is 2. The number of carboxylic acid groups (broad SMARTS) is 1. The lowest BCUT2D eigenvalue weighted by molar-refractivity contribution is -0.137. The summed E-state index contributed by atoms with van der Waals surface area (Å²) in [5.74, 6) is -0.186. The predicted molar refractivity (Wildman–Crippen MR) is 117 cm³/mol. The number of amidine groups is 1. The fraction of sp³-hybridized carbons (Fsp3) is 0.227. The van der Waals surface area contributed by atoms with Gasteiger partial charge in [-0.05, 0) is 61.0 Å². The Kier molecular flexibility index (Phi) is 7.13. The van der Waals surface area contributed by atoms with Gasteiger partial charge in [-0.2, -0.15) is 0 Å². The molecule has 1 heterocycles. The molecule has 30 heavy (non-hydrogen) atoms. The van der Waals surface area contributed by atoms with E-state index < -0.39 is 5.97 Å². The Morgan fingerprint density at radius 1 is 1.20 bits per heavy atom. The maximum atomic E-state index is 12.4. The molecule has 2 N–H and O–H groups in total. The maximum absolute atomic E-state index is 12.4. The molecule has 0 atom stereocenters. The highest BCUT2D eigenvalue weighted by atomic mass is 32.2. The molecule has 0 radical (unpaired) electrons. The average molecular weight is 426 g/mol. The van der Waals surface area contributed by atoms with Crippen LogP contribution in [0.4, 0.5) is 5.69 Å². The number of carboxylic acids is 1. The fourth-order valence-electron chi connectivity index (χ4n) is 2.68. The minimum absolute atomic E-state index is 0.0484. The van der Waals surface area contributed by atoms with Gasteiger partial charge >= 0.3 is 5.97 Å². The van der Waals surface area contributed by atoms with Crippen LogP contribution in [0.15, 0.2) is 52.4 Å². The minimum atomic E-state index is -0.929. The van der Waals surface area contributed by atoms with E-state index in [2.05, 4.69) is 10.3 Å². The van der Waals surface area contributed by atoms with Crippen molar-refractivity contribution in [1.82, 2.24) is 5.32 Å². The van der Waals surface area contributed by atoms with Crippen LogP contribution in [0.25, 0.3) is 6.08 Å². The predicted octanol–water partition coefficient (Wildman–Crippen LogP) is 4.14. The van der Waals surface area contributed by atoms with E-state index in [1.54, 1.807) is 24.3 Å². The number of hydrogen-bond donors (Lipinski definition) is 2. The molecule has 2 aromatic rings. The Labute approximate surface area is 178 Å². The zero-order valence-corrected chi connectivity index (χ0v) is 17.5. The van der Waals surface area contributed by atoms with E-state index in [-0.39, 0.29) is 18.9 Å². The van der Waals surface area contributed by atoms with Crippen molar-refractivity contribution < 1.29 is 24.2 Å². The van der Waals surface area contributed by atoms with Crippen molar-refractivity contribution in [2.45, 2.75) is 20.3 Å². The number of amides is 1. The van der Waals surface area contributed by atoms with Crippen molar-refractivity contribution in [2.24, 2.45) is 4.99 Å². The lowest BCUT2D eigenvalue weighted by Crippen LogP contribution is -2.19. The van der Waals surface area contributed by atoms with E-state index >= 15 is 0 Å². The van der Waals surface area contributed by atoms with Gasteiger partial charge in [-0.15, -0.1) is 0 Å². The van der Waals surface area contributed by atoms with Gasteiger partial charge in [0.1, 0.15) is 0 Å². The lowest BCUT2D eigenvalue weighted by atomic mass is 10.2. The molecule has 7 nitrogen and oxygen atoms in total. The number of aliphatic imine (C=N–C) groups is 1. The molecule has 156 valence electrons. The second-order valence-corrected chi connectivity index (χ2v) is 7.43. The molecule has 2 aromatic carbocycles. The van der Waals surface area contributed by atoms with Crippen LogP contribution in [0, 0.1) is 6.92 Å². The zero-order valence-electron chi connectivity index (χ0n) is 16.7. The fourth-order valence-corrected chi connectivity index (χ4v) is 3.52. The maximum Gasteiger partial charge on any atom is 0.306 e. The largest absolute Gasteiger partial charge is 0.490 e. The first-order chi connectivity index (χ1) is 14.5. The van der Waals surface area contributed by atoms with Crippen molar-refractivity contribution in [3.8, 4) is 11.5 Å². The Morgan fingerprint density at radius 3 is 2.73 bits per heavy atom. The van der Waals surface area contributed by atoms with E-state index in [1.807, 2.05) is 38.1 Å². The first-order valence-electron chi connectivity index (χ1n) is 9.43. The Balaban J connectivity index is 1.78. The molecule has 0 saturated carbocycles. The van der Waals surface area contributed by atoms with Crippen molar-refractivity contribution in [1.29, 1.82) is 0 Å². The second kappa shape index (κ2) is 9.98. The molecule has 0 aliphatic carbocycles. The highest BCUT2D eigenvalue weighted by Gasteiger charge is 2.24. The number of hydrogen-bond acceptors (Lipinski definition) is 6. The summed E-state index contributed by atoms with van der Waals surface area (Å²) in [5.41, 5.74) is 2.60. The van der Waals surface area contributed by atoms with Crippen LogP contribution in [0.2, 0.25) is 0 Å². The monoisotopic (exact) mass is 426 g/mol. The molecule has 1 saturated heterocycles. The van der Waals surface area contributed by atoms with Crippen molar-refractivity contribution in [2.75, 3.05) is 13.2 Å². The summed E-state index contributed by atoms with van der Waals surface area (Å²) in [6.45, 7) is 4.29. The molecule has 0 unspecified atom stereocenters. The van der Waals surface area contributed by atoms with Gasteiger partial charge in [-0.1, -0.05) is 24.3 Å². The van der Waals surface area contributed by atoms with Gasteiger partial charge in [0, 0.05) is 0 Å². The van der Waals surface area contributed by atoms with E-state index in [0.717, 1.165) is 16.8 Å². The molecule has 1 fully saturated rings. The van der Waals surface area contributed by atoms with Gasteiger partial charge in [-0.3, -0.25) is 9.59 Å². The van der Waals surface area contributed by atoms with Gasteiger partial charge in [-0.25, -0.2) is 4.99 Å². The molecular weight excluding hydrogens is 404 g/mol. The molecular formula is C22H22N2O5S. The second-order valence-electron chi connectivity index (χ2n) is 6.40. The standard InChI is InChI=1S/C22H22N2O5S/c1-3-28-18-12-15(8-9-17(18)29-11-10-20(25)26)13-19-21(27)24-22(30-19)23-16-7-5-4-6-14(16)2/h4-9,12-13H,3,10-11H2,1-2H3,(H,25,26)(H,23,24,27)/b19-13+. The van der Waals surface area contributed by atoms with Crippen LogP contribution >= 0.6 is 11.8 Å². The third-order valence-electron chi connectivity index (χ3n) is 4.13. The smallest absolute Gasteiger partial charge is 0.306 e. The third-order valence-corrected chi connectivity index (χ3v) is 5.04. The summed E-state index contributed by atoms with van der Waals surface area (Å²) in [4.78, 5) is 28.1. The third kappa shape index (κ3) is 5.64. The van der Waals surface area contributed by atoms with Gasteiger partial charge in [0.05, 0.1) is 30.2 Å². The van der Waals surface area contributed by atoms with Crippen molar-refractivity contribution in [3.05, 3.63) is 58.5 Å². The summed E-state index contributed by atoms with van der Waals surface area (Å²) >= 11 is 1.27. The van der Waals surface area contributed by atoms with Crippen LogP contribution in [-0.4, -0.2) is 35.4 Å². The Morgan fingerprint density at radius 2 is 2.00 bits per heavy atom. The van der Waals surface area contributed by atoms with Gasteiger partial charge in [0.15, 0.2) is 16.7 Å². The van der Waals surface area contributed by atoms with E-state index in [1.165, 1.54) is 11.8 Å². The number of nitrogens with zero attached hydrogens (tertiary/aromatic N) is 1. The summed E-state index contributed by atoms with van der Waals surface area (Å²) < 4.78 is 11.1. The molecule has 1 aliphatic heterocycles. The lowest BCUT2D eigenvalue weighted by Gasteiger charge is -2.12. The van der Waals surface area contributed by atoms with Crippen LogP contribution in [0.1, 0.15) is 24.5 Å². The average Bonchev–Trinajstić information content (AvgIpc) is 3.04. The molecule has 0 aromatic heterocycles. The zero-order chi connectivity index (χ0) is 21.5. The molecule has 3 rings (SSSR count). The highest BCUT2D eigenvalue weighted by Crippen LogP contribution is 2.33. The summed E-state index contributed by atoms with van der Waals surface area (Å²) in [5, 5.41) is 12.1. The summed E-state index contributed by atoms with van der Waals surface area (Å²) in [6, 6.07) is 13.0. The quantitative estimate of drug-likeness (QED) is 0.616. The minimum Gasteiger partial charge on any atom is -0.490 e. The molecule has 1 aliphatic rings. The highest BCUT2D eigenvalue weighted by molar-refractivity contribution is 8.18. The van der Waals surface area contributed by atoms with Gasteiger partial charge in [0.25, 0.3) is 5.91 Å². The Bertz CT molecular complexity index is 1020. The van der Waals surface area contributed by atoms with Gasteiger partial charge < -0.3 is 19.9 Å². The summed E-state index contributed by atoms with van der Waals surface area (Å²) in [6.07, 6.45) is 1.65.